The van der Waals surface area contributed by atoms with E-state index in [0.29, 0.717) is 59.9 Å². The lowest BCUT2D eigenvalue weighted by atomic mass is 10.1. The minimum atomic E-state index is -0.637. The van der Waals surface area contributed by atoms with E-state index < -0.39 is 24.0 Å². The van der Waals surface area contributed by atoms with Crippen molar-refractivity contribution in [2.45, 2.75) is 39.2 Å². The Morgan fingerprint density at radius 1 is 0.818 bits per heavy atom. The van der Waals surface area contributed by atoms with Crippen LogP contribution in [0.25, 0.3) is 0 Å². The van der Waals surface area contributed by atoms with Gasteiger partial charge in [0, 0.05) is 12.7 Å². The molecule has 0 amide bonds. The van der Waals surface area contributed by atoms with E-state index in [9.17, 15) is 19.2 Å². The van der Waals surface area contributed by atoms with Crippen LogP contribution in [-0.4, -0.2) is 56.9 Å². The van der Waals surface area contributed by atoms with Gasteiger partial charge in [-0.3, -0.25) is 4.79 Å². The number of hydrogen-bond acceptors (Lipinski definition) is 10. The predicted molar refractivity (Wildman–Crippen MR) is 161 cm³/mol. The summed E-state index contributed by atoms with van der Waals surface area (Å²) < 4.78 is 32.2. The normalized spacial score (nSPS) is 11.1. The smallest absolute Gasteiger partial charge is 0.343 e. The Kier molecular flexibility index (Phi) is 13.6. The molecule has 0 N–H and O–H groups in total. The van der Waals surface area contributed by atoms with Gasteiger partial charge in [0.05, 0.1) is 24.3 Å². The maximum atomic E-state index is 12.7. The van der Waals surface area contributed by atoms with Crippen LogP contribution in [-0.2, 0) is 30.2 Å². The van der Waals surface area contributed by atoms with Gasteiger partial charge in [0.1, 0.15) is 23.9 Å². The third-order valence-electron chi connectivity index (χ3n) is 6.33. The zero-order valence-corrected chi connectivity index (χ0v) is 24.8. The highest BCUT2D eigenvalue weighted by atomic mass is 16.6. The largest absolute Gasteiger partial charge is 0.490 e. The maximum absolute atomic E-state index is 12.7. The Morgan fingerprint density at radius 3 is 2.09 bits per heavy atom. The number of benzene rings is 3. The van der Waals surface area contributed by atoms with E-state index in [0.717, 1.165) is 18.1 Å². The first-order valence-corrected chi connectivity index (χ1v) is 14.2. The van der Waals surface area contributed by atoms with Gasteiger partial charge in [-0.15, -0.1) is 0 Å². The van der Waals surface area contributed by atoms with Crippen molar-refractivity contribution in [3.05, 3.63) is 102 Å². The van der Waals surface area contributed by atoms with Crippen molar-refractivity contribution in [1.29, 1.82) is 0 Å². The standard InChI is InChI=1S/C34H36O10/c1-4-25-8-10-26(11-9-25)33(37)43-29-16-17-31(24(3)20-29)44-34(38)27-12-14-28(15-13-27)41-22-30(42-23-35)21-39-18-6-7-19-40-32(36)5-2/h5,8-17,20,23,30H,2,4,6-7,18-19,21-22H2,1,3H3. The summed E-state index contributed by atoms with van der Waals surface area (Å²) in [5, 5.41) is 0. The molecule has 0 heterocycles. The number of hydrogen-bond donors (Lipinski definition) is 0. The number of unbranched alkanes of at least 4 members (excludes halogenated alkanes) is 1. The number of esters is 3. The molecule has 0 radical (unpaired) electrons. The van der Waals surface area contributed by atoms with Crippen molar-refractivity contribution in [2.24, 2.45) is 0 Å². The molecule has 0 spiro atoms. The number of ether oxygens (including phenoxy) is 6. The zero-order valence-electron chi connectivity index (χ0n) is 24.8. The summed E-state index contributed by atoms with van der Waals surface area (Å²) in [6.07, 6.45) is 2.63. The maximum Gasteiger partial charge on any atom is 0.343 e. The van der Waals surface area contributed by atoms with Gasteiger partial charge in [-0.1, -0.05) is 25.6 Å². The summed E-state index contributed by atoms with van der Waals surface area (Å²) in [4.78, 5) is 47.1. The van der Waals surface area contributed by atoms with E-state index in [4.69, 9.17) is 28.4 Å². The fourth-order valence-corrected chi connectivity index (χ4v) is 3.84. The van der Waals surface area contributed by atoms with E-state index in [1.165, 1.54) is 0 Å². The fourth-order valence-electron chi connectivity index (χ4n) is 3.84. The monoisotopic (exact) mass is 604 g/mol. The molecule has 0 aliphatic carbocycles. The second kappa shape index (κ2) is 17.9. The lowest BCUT2D eigenvalue weighted by Gasteiger charge is -2.16. The van der Waals surface area contributed by atoms with E-state index in [2.05, 4.69) is 6.58 Å². The lowest BCUT2D eigenvalue weighted by Crippen LogP contribution is -2.27. The Morgan fingerprint density at radius 2 is 1.45 bits per heavy atom. The Bertz CT molecular complexity index is 1400. The summed E-state index contributed by atoms with van der Waals surface area (Å²) in [5.41, 5.74) is 2.48. The molecule has 3 aromatic carbocycles. The second-order valence-corrected chi connectivity index (χ2v) is 9.60. The molecule has 0 aliphatic heterocycles. The molecule has 1 atom stereocenters. The lowest BCUT2D eigenvalue weighted by molar-refractivity contribution is -0.138. The predicted octanol–water partition coefficient (Wildman–Crippen LogP) is 5.44. The molecule has 0 bridgehead atoms. The average Bonchev–Trinajstić information content (AvgIpc) is 3.04. The third kappa shape index (κ3) is 11.0. The van der Waals surface area contributed by atoms with Crippen LogP contribution in [0.4, 0.5) is 0 Å². The molecule has 1 unspecified atom stereocenters. The van der Waals surface area contributed by atoms with E-state index in [-0.39, 0.29) is 19.8 Å². The Labute approximate surface area is 256 Å². The van der Waals surface area contributed by atoms with Gasteiger partial charge in [-0.2, -0.15) is 0 Å². The average molecular weight is 605 g/mol. The summed E-state index contributed by atoms with van der Waals surface area (Å²) >= 11 is 0. The number of carbonyl (C=O) groups is 4. The number of aryl methyl sites for hydroxylation is 2. The van der Waals surface area contributed by atoms with Gasteiger partial charge in [-0.05, 0) is 91.9 Å². The molecule has 232 valence electrons. The van der Waals surface area contributed by atoms with Crippen molar-refractivity contribution in [3.8, 4) is 17.2 Å². The van der Waals surface area contributed by atoms with E-state index in [1.54, 1.807) is 61.5 Å². The van der Waals surface area contributed by atoms with Crippen LogP contribution in [0.15, 0.2) is 79.4 Å². The van der Waals surface area contributed by atoms with Gasteiger partial charge in [-0.25, -0.2) is 14.4 Å². The molecule has 0 saturated carbocycles. The fraction of sp³-hybridized carbons (Fsp3) is 0.294. The summed E-state index contributed by atoms with van der Waals surface area (Å²) in [7, 11) is 0. The summed E-state index contributed by atoms with van der Waals surface area (Å²) in [5.74, 6) is -0.400. The van der Waals surface area contributed by atoms with Crippen LogP contribution in [0, 0.1) is 6.92 Å². The van der Waals surface area contributed by atoms with Gasteiger partial charge in [0.2, 0.25) is 0 Å². The highest BCUT2D eigenvalue weighted by Crippen LogP contribution is 2.25. The van der Waals surface area contributed by atoms with Crippen LogP contribution in [0.3, 0.4) is 0 Å². The van der Waals surface area contributed by atoms with Crippen molar-refractivity contribution in [2.75, 3.05) is 26.4 Å². The zero-order chi connectivity index (χ0) is 31.7. The first-order valence-electron chi connectivity index (χ1n) is 14.2. The van der Waals surface area contributed by atoms with Gasteiger partial charge in [0.15, 0.2) is 6.10 Å². The summed E-state index contributed by atoms with van der Waals surface area (Å²) in [6, 6.07) is 18.3. The highest BCUT2D eigenvalue weighted by Gasteiger charge is 2.15. The number of carbonyl (C=O) groups excluding carboxylic acids is 4. The minimum Gasteiger partial charge on any atom is -0.490 e. The van der Waals surface area contributed by atoms with Crippen LogP contribution >= 0.6 is 0 Å². The Hall–Kier alpha value is -4.96. The van der Waals surface area contributed by atoms with Crippen LogP contribution in [0.5, 0.6) is 17.2 Å². The molecule has 0 aliphatic rings. The molecule has 0 saturated heterocycles. The van der Waals surface area contributed by atoms with Crippen LogP contribution in [0.1, 0.15) is 51.6 Å². The molecule has 10 nitrogen and oxygen atoms in total. The quantitative estimate of drug-likeness (QED) is 0.0609. The van der Waals surface area contributed by atoms with Crippen LogP contribution in [0.2, 0.25) is 0 Å². The van der Waals surface area contributed by atoms with E-state index in [1.807, 2.05) is 19.1 Å². The van der Waals surface area contributed by atoms with Crippen molar-refractivity contribution in [1.82, 2.24) is 0 Å². The van der Waals surface area contributed by atoms with Gasteiger partial charge in [0.25, 0.3) is 6.47 Å². The van der Waals surface area contributed by atoms with Crippen molar-refractivity contribution >= 4 is 24.4 Å². The third-order valence-corrected chi connectivity index (χ3v) is 6.33. The minimum absolute atomic E-state index is 0.0413. The molecule has 44 heavy (non-hydrogen) atoms. The summed E-state index contributed by atoms with van der Waals surface area (Å²) in [6.45, 7) is 8.27. The molecule has 3 aromatic rings. The second-order valence-electron chi connectivity index (χ2n) is 9.60. The molecular formula is C34H36O10. The first kappa shape index (κ1) is 33.5. The molecule has 0 fully saturated rings. The van der Waals surface area contributed by atoms with Gasteiger partial charge >= 0.3 is 17.9 Å². The molecule has 3 rings (SSSR count). The van der Waals surface area contributed by atoms with Crippen molar-refractivity contribution in [3.63, 3.8) is 0 Å². The van der Waals surface area contributed by atoms with Crippen molar-refractivity contribution < 1.29 is 47.6 Å². The van der Waals surface area contributed by atoms with Crippen LogP contribution < -0.4 is 14.2 Å². The SMILES string of the molecule is C=CC(=O)OCCCCOCC(COc1ccc(C(=O)Oc2ccc(OC(=O)c3ccc(CC)cc3)cc2C)cc1)OC=O. The molecule has 10 heteroatoms. The highest BCUT2D eigenvalue weighted by molar-refractivity contribution is 5.92. The first-order chi connectivity index (χ1) is 21.3. The van der Waals surface area contributed by atoms with E-state index >= 15 is 0 Å². The molecular weight excluding hydrogens is 568 g/mol. The topological polar surface area (TPSA) is 124 Å². The molecule has 0 aromatic heterocycles. The number of rotatable bonds is 18. The van der Waals surface area contributed by atoms with Gasteiger partial charge < -0.3 is 28.4 Å². The Balaban J connectivity index is 1.44.